The lowest BCUT2D eigenvalue weighted by atomic mass is 9.94. The van der Waals surface area contributed by atoms with Gasteiger partial charge >= 0.3 is 0 Å². The van der Waals surface area contributed by atoms with E-state index in [2.05, 4.69) is 35.2 Å². The maximum Gasteiger partial charge on any atom is 0.222 e. The fraction of sp³-hybridized carbons (Fsp3) is 0.632. The molecule has 1 aromatic rings. The first-order chi connectivity index (χ1) is 10.3. The molecule has 1 atom stereocenters. The highest BCUT2D eigenvalue weighted by Crippen LogP contribution is 2.30. The van der Waals surface area contributed by atoms with E-state index in [1.165, 1.54) is 50.5 Å². The fourth-order valence-corrected chi connectivity index (χ4v) is 3.96. The number of rotatable bonds is 3. The van der Waals surface area contributed by atoms with Gasteiger partial charge in [-0.2, -0.15) is 0 Å². The molecule has 0 radical (unpaired) electrons. The third-order valence-electron chi connectivity index (χ3n) is 5.23. The van der Waals surface area contributed by atoms with Crippen molar-refractivity contribution in [1.29, 1.82) is 0 Å². The van der Waals surface area contributed by atoms with Gasteiger partial charge in [0.15, 0.2) is 0 Å². The summed E-state index contributed by atoms with van der Waals surface area (Å²) in [5.41, 5.74) is 1.40. The van der Waals surface area contributed by atoms with Crippen LogP contribution in [-0.4, -0.2) is 23.9 Å². The van der Waals surface area contributed by atoms with Crippen molar-refractivity contribution in [3.05, 3.63) is 35.9 Å². The van der Waals surface area contributed by atoms with Crippen molar-refractivity contribution >= 4 is 5.91 Å². The van der Waals surface area contributed by atoms with Crippen LogP contribution in [0.4, 0.5) is 0 Å². The summed E-state index contributed by atoms with van der Waals surface area (Å²) in [7, 11) is 0. The molecule has 1 aliphatic carbocycles. The number of hydrogen-bond acceptors (Lipinski definition) is 1. The number of nitrogens with zero attached hydrogens (tertiary/aromatic N) is 1. The van der Waals surface area contributed by atoms with E-state index in [0.29, 0.717) is 17.7 Å². The molecule has 3 rings (SSSR count). The zero-order valence-electron chi connectivity index (χ0n) is 13.0. The smallest absolute Gasteiger partial charge is 0.222 e. The molecule has 2 fully saturated rings. The monoisotopic (exact) mass is 285 g/mol. The number of likely N-dealkylation sites (tertiary alicyclic amines) is 1. The Morgan fingerprint density at radius 3 is 2.48 bits per heavy atom. The molecule has 114 valence electrons. The summed E-state index contributed by atoms with van der Waals surface area (Å²) in [6.45, 7) is 1.89. The van der Waals surface area contributed by atoms with E-state index in [1.807, 2.05) is 0 Å². The van der Waals surface area contributed by atoms with Gasteiger partial charge in [-0.25, -0.2) is 0 Å². The van der Waals surface area contributed by atoms with E-state index in [-0.39, 0.29) is 0 Å². The Morgan fingerprint density at radius 1 is 1.00 bits per heavy atom. The second-order valence-corrected chi connectivity index (χ2v) is 6.80. The molecule has 1 heterocycles. The Morgan fingerprint density at radius 2 is 1.71 bits per heavy atom. The molecule has 0 N–H and O–H groups in total. The van der Waals surface area contributed by atoms with Gasteiger partial charge < -0.3 is 4.90 Å². The zero-order chi connectivity index (χ0) is 14.5. The van der Waals surface area contributed by atoms with E-state index in [9.17, 15) is 4.79 Å². The van der Waals surface area contributed by atoms with Gasteiger partial charge in [0, 0.05) is 25.4 Å². The number of carbonyl (C=O) groups is 1. The number of hydrogen-bond donors (Lipinski definition) is 0. The van der Waals surface area contributed by atoms with Crippen LogP contribution in [0.2, 0.25) is 0 Å². The normalized spacial score (nSPS) is 24.0. The van der Waals surface area contributed by atoms with Crippen molar-refractivity contribution in [2.75, 3.05) is 13.1 Å². The highest BCUT2D eigenvalue weighted by atomic mass is 16.2. The predicted octanol–water partition coefficient (Wildman–Crippen LogP) is 4.36. The lowest BCUT2D eigenvalue weighted by Crippen LogP contribution is -2.35. The molecule has 2 heteroatoms. The maximum atomic E-state index is 12.6. The van der Waals surface area contributed by atoms with Crippen LogP contribution in [0.3, 0.4) is 0 Å². The molecule has 0 spiro atoms. The summed E-state index contributed by atoms with van der Waals surface area (Å²) in [5, 5.41) is 0. The average molecular weight is 285 g/mol. The topological polar surface area (TPSA) is 20.3 Å². The molecule has 1 aliphatic heterocycles. The van der Waals surface area contributed by atoms with E-state index in [1.54, 1.807) is 0 Å². The molecule has 2 nitrogen and oxygen atoms in total. The minimum Gasteiger partial charge on any atom is -0.342 e. The molecule has 21 heavy (non-hydrogen) atoms. The maximum absolute atomic E-state index is 12.6. The van der Waals surface area contributed by atoms with Crippen LogP contribution < -0.4 is 0 Å². The first-order valence-corrected chi connectivity index (χ1v) is 8.65. The lowest BCUT2D eigenvalue weighted by Gasteiger charge is -2.26. The lowest BCUT2D eigenvalue weighted by molar-refractivity contribution is -0.132. The van der Waals surface area contributed by atoms with Gasteiger partial charge in [-0.1, -0.05) is 49.6 Å². The van der Waals surface area contributed by atoms with Crippen LogP contribution in [0.1, 0.15) is 62.8 Å². The summed E-state index contributed by atoms with van der Waals surface area (Å²) in [5.74, 6) is 1.60. The molecule has 1 saturated heterocycles. The quantitative estimate of drug-likeness (QED) is 0.808. The van der Waals surface area contributed by atoms with E-state index in [0.717, 1.165) is 19.5 Å². The zero-order valence-corrected chi connectivity index (χ0v) is 13.0. The summed E-state index contributed by atoms with van der Waals surface area (Å²) in [4.78, 5) is 14.8. The second kappa shape index (κ2) is 7.11. The molecular weight excluding hydrogens is 258 g/mol. The largest absolute Gasteiger partial charge is 0.342 e. The van der Waals surface area contributed by atoms with Crippen molar-refractivity contribution in [2.45, 2.75) is 57.3 Å². The minimum absolute atomic E-state index is 0.407. The average Bonchev–Trinajstić information content (AvgIpc) is 2.89. The van der Waals surface area contributed by atoms with Gasteiger partial charge in [0.2, 0.25) is 5.91 Å². The molecule has 1 unspecified atom stereocenters. The van der Waals surface area contributed by atoms with Gasteiger partial charge in [-0.3, -0.25) is 4.79 Å². The molecule has 1 aromatic carbocycles. The highest BCUT2D eigenvalue weighted by Gasteiger charge is 2.26. The van der Waals surface area contributed by atoms with E-state index in [4.69, 9.17) is 0 Å². The first-order valence-electron chi connectivity index (χ1n) is 8.65. The number of amides is 1. The molecule has 0 aromatic heterocycles. The molecule has 2 aliphatic rings. The van der Waals surface area contributed by atoms with Crippen LogP contribution in [-0.2, 0) is 4.79 Å². The summed E-state index contributed by atoms with van der Waals surface area (Å²) in [6.07, 6.45) is 9.60. The summed E-state index contributed by atoms with van der Waals surface area (Å²) in [6, 6.07) is 10.7. The van der Waals surface area contributed by atoms with Crippen LogP contribution in [0, 0.1) is 5.92 Å². The number of benzene rings is 1. The van der Waals surface area contributed by atoms with Crippen molar-refractivity contribution in [1.82, 2.24) is 4.90 Å². The van der Waals surface area contributed by atoms with Gasteiger partial charge in [-0.05, 0) is 37.2 Å². The standard InChI is InChI=1S/C19H27NO/c21-19(14-16-8-4-5-9-16)20-13-7-6-12-18(15-20)17-10-2-1-3-11-17/h1-3,10-11,16,18H,4-9,12-15H2. The second-order valence-electron chi connectivity index (χ2n) is 6.80. The third-order valence-corrected chi connectivity index (χ3v) is 5.23. The van der Waals surface area contributed by atoms with E-state index >= 15 is 0 Å². The van der Waals surface area contributed by atoms with Gasteiger partial charge in [0.25, 0.3) is 0 Å². The Hall–Kier alpha value is -1.31. The van der Waals surface area contributed by atoms with Gasteiger partial charge in [-0.15, -0.1) is 0 Å². The molecular formula is C19H27NO. The van der Waals surface area contributed by atoms with Crippen molar-refractivity contribution in [3.8, 4) is 0 Å². The third kappa shape index (κ3) is 3.87. The molecule has 1 amide bonds. The van der Waals surface area contributed by atoms with Crippen LogP contribution >= 0.6 is 0 Å². The van der Waals surface area contributed by atoms with Gasteiger partial charge in [0.05, 0.1) is 0 Å². The van der Waals surface area contributed by atoms with Crippen molar-refractivity contribution in [3.63, 3.8) is 0 Å². The van der Waals surface area contributed by atoms with Crippen LogP contribution in [0.5, 0.6) is 0 Å². The van der Waals surface area contributed by atoms with Crippen LogP contribution in [0.15, 0.2) is 30.3 Å². The highest BCUT2D eigenvalue weighted by molar-refractivity contribution is 5.76. The Labute approximate surface area is 128 Å². The summed E-state index contributed by atoms with van der Waals surface area (Å²) >= 11 is 0. The molecule has 0 bridgehead atoms. The predicted molar refractivity (Wildman–Crippen MR) is 86.2 cm³/mol. The van der Waals surface area contributed by atoms with Crippen molar-refractivity contribution < 1.29 is 4.79 Å². The van der Waals surface area contributed by atoms with Gasteiger partial charge in [0.1, 0.15) is 0 Å². The Bertz CT molecular complexity index is 450. The Kier molecular flexibility index (Phi) is 4.95. The minimum atomic E-state index is 0.407. The van der Waals surface area contributed by atoms with E-state index < -0.39 is 0 Å². The van der Waals surface area contributed by atoms with Crippen molar-refractivity contribution in [2.24, 2.45) is 5.92 Å². The van der Waals surface area contributed by atoms with Crippen LogP contribution in [0.25, 0.3) is 0 Å². The summed E-state index contributed by atoms with van der Waals surface area (Å²) < 4.78 is 0. The molecule has 1 saturated carbocycles. The Balaban J connectivity index is 1.63. The SMILES string of the molecule is O=C(CC1CCCC1)N1CCCCC(c2ccccc2)C1. The number of carbonyl (C=O) groups excluding carboxylic acids is 1. The first kappa shape index (κ1) is 14.6. The fourth-order valence-electron chi connectivity index (χ4n) is 3.96.